The van der Waals surface area contributed by atoms with E-state index in [1.807, 2.05) is 6.92 Å². The fraction of sp³-hybridized carbons (Fsp3) is 0.625. The predicted octanol–water partition coefficient (Wildman–Crippen LogP) is 2.77. The van der Waals surface area contributed by atoms with E-state index in [9.17, 15) is 14.3 Å². The molecule has 1 saturated carbocycles. The van der Waals surface area contributed by atoms with E-state index in [2.05, 4.69) is 5.32 Å². The zero-order valence-electron chi connectivity index (χ0n) is 13.6. The van der Waals surface area contributed by atoms with Crippen molar-refractivity contribution in [3.05, 3.63) is 33.9 Å². The number of nitro groups is 1. The monoisotopic (exact) mass is 340 g/mol. The Morgan fingerprint density at radius 1 is 1.43 bits per heavy atom. The highest BCUT2D eigenvalue weighted by Crippen LogP contribution is 2.28. The van der Waals surface area contributed by atoms with Gasteiger partial charge in [0.1, 0.15) is 0 Å². The van der Waals surface area contributed by atoms with Gasteiger partial charge in [-0.15, -0.1) is 0 Å². The number of hydrogen-bond donors (Lipinski definition) is 1. The summed E-state index contributed by atoms with van der Waals surface area (Å²) in [7, 11) is 0.705. The van der Waals surface area contributed by atoms with Crippen molar-refractivity contribution in [2.45, 2.75) is 50.4 Å². The average molecular weight is 340 g/mol. The van der Waals surface area contributed by atoms with Gasteiger partial charge in [0.15, 0.2) is 5.75 Å². The molecule has 23 heavy (non-hydrogen) atoms. The zero-order valence-corrected chi connectivity index (χ0v) is 14.4. The van der Waals surface area contributed by atoms with E-state index in [0.29, 0.717) is 12.6 Å². The van der Waals surface area contributed by atoms with Gasteiger partial charge < -0.3 is 10.1 Å². The van der Waals surface area contributed by atoms with E-state index in [-0.39, 0.29) is 16.7 Å². The summed E-state index contributed by atoms with van der Waals surface area (Å²) in [5, 5.41) is 14.7. The maximum absolute atomic E-state index is 12.0. The van der Waals surface area contributed by atoms with Crippen molar-refractivity contribution >= 4 is 16.5 Å². The molecule has 2 rings (SSSR count). The molecular weight excluding hydrogens is 316 g/mol. The lowest BCUT2D eigenvalue weighted by Crippen LogP contribution is -2.37. The molecule has 128 valence electrons. The maximum atomic E-state index is 12.0. The summed E-state index contributed by atoms with van der Waals surface area (Å²) < 4.78 is 17.1. The summed E-state index contributed by atoms with van der Waals surface area (Å²) in [5.74, 6) is 1.000. The van der Waals surface area contributed by atoms with Crippen LogP contribution in [-0.4, -0.2) is 33.3 Å². The molecule has 1 aromatic carbocycles. The Morgan fingerprint density at radius 3 is 2.87 bits per heavy atom. The lowest BCUT2D eigenvalue weighted by Gasteiger charge is -2.29. The second-order valence-electron chi connectivity index (χ2n) is 5.80. The number of methoxy groups -OCH3 is 1. The first kappa shape index (κ1) is 17.9. The van der Waals surface area contributed by atoms with E-state index >= 15 is 0 Å². The van der Waals surface area contributed by atoms with Gasteiger partial charge in [0, 0.05) is 40.5 Å². The first-order chi connectivity index (χ1) is 11.0. The van der Waals surface area contributed by atoms with Crippen LogP contribution in [0, 0.1) is 10.1 Å². The van der Waals surface area contributed by atoms with E-state index < -0.39 is 15.7 Å². The number of benzene rings is 1. The number of nitrogens with zero attached hydrogens (tertiary/aromatic N) is 1. The van der Waals surface area contributed by atoms with Crippen molar-refractivity contribution in [3.8, 4) is 5.75 Å². The van der Waals surface area contributed by atoms with Crippen LogP contribution in [0.25, 0.3) is 0 Å². The van der Waals surface area contributed by atoms with Crippen molar-refractivity contribution in [1.82, 2.24) is 5.32 Å². The Morgan fingerprint density at radius 2 is 2.22 bits per heavy atom. The van der Waals surface area contributed by atoms with Crippen LogP contribution in [-0.2, 0) is 17.3 Å². The Hall–Kier alpha value is -1.47. The minimum absolute atomic E-state index is 0.0210. The van der Waals surface area contributed by atoms with Gasteiger partial charge in [-0.3, -0.25) is 14.3 Å². The standard InChI is InChI=1S/C16H24N2O4S/c1-3-23(21)14-6-4-5-13(10-14)17-11-12-7-8-15(18(19)20)16(9-12)22-2/h7-9,13-14,17H,3-6,10-11H2,1-2H3/t13-,14-,23+/m1/s1. The fourth-order valence-corrected chi connectivity index (χ4v) is 4.40. The quantitative estimate of drug-likeness (QED) is 0.610. The Labute approximate surface area is 139 Å². The molecule has 6 nitrogen and oxygen atoms in total. The van der Waals surface area contributed by atoms with Gasteiger partial charge in [-0.05, 0) is 30.9 Å². The normalized spacial score (nSPS) is 22.5. The van der Waals surface area contributed by atoms with Gasteiger partial charge in [0.05, 0.1) is 12.0 Å². The van der Waals surface area contributed by atoms with E-state index in [1.165, 1.54) is 13.2 Å². The third kappa shape index (κ3) is 4.75. The predicted molar refractivity (Wildman–Crippen MR) is 91.2 cm³/mol. The molecule has 3 atom stereocenters. The van der Waals surface area contributed by atoms with Gasteiger partial charge in [-0.25, -0.2) is 0 Å². The lowest BCUT2D eigenvalue weighted by molar-refractivity contribution is -0.385. The van der Waals surface area contributed by atoms with Crippen LogP contribution in [0.4, 0.5) is 5.69 Å². The number of nitro benzene ring substituents is 1. The van der Waals surface area contributed by atoms with Gasteiger partial charge in [0.25, 0.3) is 0 Å². The van der Waals surface area contributed by atoms with Crippen LogP contribution in [0.1, 0.15) is 38.2 Å². The molecule has 0 unspecified atom stereocenters. The molecule has 0 heterocycles. The second kappa shape index (κ2) is 8.40. The van der Waals surface area contributed by atoms with Gasteiger partial charge in [-0.1, -0.05) is 19.4 Å². The van der Waals surface area contributed by atoms with Crippen LogP contribution in [0.3, 0.4) is 0 Å². The van der Waals surface area contributed by atoms with Crippen LogP contribution in [0.5, 0.6) is 5.75 Å². The van der Waals surface area contributed by atoms with Crippen molar-refractivity contribution in [2.75, 3.05) is 12.9 Å². The summed E-state index contributed by atoms with van der Waals surface area (Å²) in [6.45, 7) is 2.60. The second-order valence-corrected chi connectivity index (χ2v) is 7.80. The summed E-state index contributed by atoms with van der Waals surface area (Å²) in [4.78, 5) is 10.5. The number of ether oxygens (including phenoxy) is 1. The van der Waals surface area contributed by atoms with Crippen molar-refractivity contribution < 1.29 is 13.9 Å². The molecule has 1 aromatic rings. The van der Waals surface area contributed by atoms with Gasteiger partial charge >= 0.3 is 5.69 Å². The van der Waals surface area contributed by atoms with Crippen molar-refractivity contribution in [2.24, 2.45) is 0 Å². The van der Waals surface area contributed by atoms with Crippen LogP contribution < -0.4 is 10.1 Å². The topological polar surface area (TPSA) is 81.5 Å². The van der Waals surface area contributed by atoms with Crippen molar-refractivity contribution in [3.63, 3.8) is 0 Å². The number of nitrogens with one attached hydrogen (secondary N) is 1. The largest absolute Gasteiger partial charge is 0.490 e. The molecule has 0 amide bonds. The zero-order chi connectivity index (χ0) is 16.8. The molecule has 1 aliphatic rings. The Kier molecular flexibility index (Phi) is 6.53. The van der Waals surface area contributed by atoms with Crippen LogP contribution >= 0.6 is 0 Å². The highest BCUT2D eigenvalue weighted by molar-refractivity contribution is 7.85. The Balaban J connectivity index is 1.95. The molecule has 7 heteroatoms. The number of hydrogen-bond acceptors (Lipinski definition) is 5. The summed E-state index contributed by atoms with van der Waals surface area (Å²) in [6, 6.07) is 5.28. The molecule has 0 spiro atoms. The van der Waals surface area contributed by atoms with Gasteiger partial charge in [0.2, 0.25) is 0 Å². The molecule has 0 saturated heterocycles. The van der Waals surface area contributed by atoms with E-state index in [0.717, 1.165) is 37.0 Å². The lowest BCUT2D eigenvalue weighted by atomic mass is 9.95. The van der Waals surface area contributed by atoms with Crippen molar-refractivity contribution in [1.29, 1.82) is 0 Å². The molecule has 0 bridgehead atoms. The summed E-state index contributed by atoms with van der Waals surface area (Å²) in [5.41, 5.74) is 0.929. The summed E-state index contributed by atoms with van der Waals surface area (Å²) >= 11 is 0. The fourth-order valence-electron chi connectivity index (χ4n) is 3.05. The van der Waals surface area contributed by atoms with Gasteiger partial charge in [-0.2, -0.15) is 0 Å². The Bertz CT molecular complexity index is 579. The molecule has 1 fully saturated rings. The molecule has 0 aromatic heterocycles. The molecule has 0 aliphatic heterocycles. The maximum Gasteiger partial charge on any atom is 0.310 e. The minimum Gasteiger partial charge on any atom is -0.490 e. The third-order valence-electron chi connectivity index (χ3n) is 4.32. The molecule has 1 N–H and O–H groups in total. The first-order valence-electron chi connectivity index (χ1n) is 7.97. The van der Waals surface area contributed by atoms with E-state index in [1.54, 1.807) is 12.1 Å². The smallest absolute Gasteiger partial charge is 0.310 e. The summed E-state index contributed by atoms with van der Waals surface area (Å²) in [6.07, 6.45) is 4.16. The van der Waals surface area contributed by atoms with E-state index in [4.69, 9.17) is 4.74 Å². The average Bonchev–Trinajstić information content (AvgIpc) is 2.59. The minimum atomic E-state index is -0.731. The number of rotatable bonds is 7. The molecule has 1 aliphatic carbocycles. The van der Waals surface area contributed by atoms with Crippen LogP contribution in [0.2, 0.25) is 0 Å². The van der Waals surface area contributed by atoms with Crippen LogP contribution in [0.15, 0.2) is 18.2 Å². The molecule has 0 radical (unpaired) electrons. The first-order valence-corrected chi connectivity index (χ1v) is 9.35. The SMILES string of the molecule is CC[S@](=O)[C@@H]1CCC[C@@H](NCc2ccc([N+](=O)[O-])c(OC)c2)C1. The third-order valence-corrected chi connectivity index (χ3v) is 6.06. The molecular formula is C16H24N2O4S. The highest BCUT2D eigenvalue weighted by Gasteiger charge is 2.25. The highest BCUT2D eigenvalue weighted by atomic mass is 32.2.